The number of thiophene rings is 1. The molecule has 0 saturated carbocycles. The highest BCUT2D eigenvalue weighted by Crippen LogP contribution is 2.33. The van der Waals surface area contributed by atoms with Crippen molar-refractivity contribution in [2.45, 2.75) is 23.7 Å². The molecule has 0 amide bonds. The van der Waals surface area contributed by atoms with Crippen LogP contribution in [0.3, 0.4) is 0 Å². The second-order valence-electron chi connectivity index (χ2n) is 5.17. The molecule has 112 valence electrons. The quantitative estimate of drug-likeness (QED) is 0.847. The van der Waals surface area contributed by atoms with Crippen molar-refractivity contribution in [3.8, 4) is 0 Å². The first-order valence-electron chi connectivity index (χ1n) is 6.86. The summed E-state index contributed by atoms with van der Waals surface area (Å²) in [6.45, 7) is 1.10. The van der Waals surface area contributed by atoms with Crippen molar-refractivity contribution in [3.63, 3.8) is 0 Å². The van der Waals surface area contributed by atoms with Gasteiger partial charge < -0.3 is 0 Å². The Hall–Kier alpha value is -0.880. The van der Waals surface area contributed by atoms with E-state index in [-0.39, 0.29) is 9.92 Å². The summed E-state index contributed by atoms with van der Waals surface area (Å²) in [5.41, 5.74) is 1.33. The lowest BCUT2D eigenvalue weighted by Gasteiger charge is -2.31. The fraction of sp³-hybridized carbons (Fsp3) is 0.333. The van der Waals surface area contributed by atoms with Crippen molar-refractivity contribution in [2.75, 3.05) is 13.1 Å². The Morgan fingerprint density at radius 3 is 2.48 bits per heavy atom. The summed E-state index contributed by atoms with van der Waals surface area (Å²) in [6, 6.07) is 8.77. The van der Waals surface area contributed by atoms with E-state index in [4.69, 9.17) is 11.6 Å². The summed E-state index contributed by atoms with van der Waals surface area (Å²) in [5.74, 6) is 0.467. The second kappa shape index (κ2) is 6.08. The van der Waals surface area contributed by atoms with Crippen LogP contribution in [-0.2, 0) is 10.0 Å². The zero-order valence-electron chi connectivity index (χ0n) is 11.4. The lowest BCUT2D eigenvalue weighted by molar-refractivity contribution is 0.320. The largest absolute Gasteiger partial charge is 0.244 e. The summed E-state index contributed by atoms with van der Waals surface area (Å²) < 4.78 is 26.8. The average Bonchev–Trinajstić information content (AvgIpc) is 3.02. The van der Waals surface area contributed by atoms with Gasteiger partial charge in [0.05, 0.1) is 5.02 Å². The van der Waals surface area contributed by atoms with Crippen LogP contribution in [0.25, 0.3) is 0 Å². The van der Waals surface area contributed by atoms with Crippen LogP contribution in [0.2, 0.25) is 5.02 Å². The minimum Gasteiger partial charge on any atom is -0.207 e. The fourth-order valence-electron chi connectivity index (χ4n) is 2.73. The lowest BCUT2D eigenvalue weighted by Crippen LogP contribution is -2.37. The van der Waals surface area contributed by atoms with Crippen molar-refractivity contribution in [3.05, 3.63) is 51.7 Å². The molecule has 3 rings (SSSR count). The van der Waals surface area contributed by atoms with E-state index in [0.717, 1.165) is 12.8 Å². The van der Waals surface area contributed by atoms with Gasteiger partial charge >= 0.3 is 0 Å². The number of benzene rings is 1. The third-order valence-electron chi connectivity index (χ3n) is 3.92. The van der Waals surface area contributed by atoms with Crippen LogP contribution in [0.4, 0.5) is 0 Å². The Morgan fingerprint density at radius 2 is 1.86 bits per heavy atom. The van der Waals surface area contributed by atoms with E-state index in [9.17, 15) is 8.42 Å². The summed E-state index contributed by atoms with van der Waals surface area (Å²) >= 11 is 7.72. The van der Waals surface area contributed by atoms with E-state index in [1.165, 1.54) is 5.56 Å². The number of rotatable bonds is 3. The molecule has 6 heteroatoms. The Morgan fingerprint density at radius 1 is 1.14 bits per heavy atom. The van der Waals surface area contributed by atoms with Crippen molar-refractivity contribution >= 4 is 33.0 Å². The molecule has 0 aliphatic carbocycles. The molecular weight excluding hydrogens is 326 g/mol. The van der Waals surface area contributed by atoms with Gasteiger partial charge in [-0.05, 0) is 53.3 Å². The van der Waals surface area contributed by atoms with E-state index in [0.29, 0.717) is 19.0 Å². The predicted molar refractivity (Wildman–Crippen MR) is 86.5 cm³/mol. The Labute approximate surface area is 134 Å². The number of piperidine rings is 1. The van der Waals surface area contributed by atoms with Gasteiger partial charge in [0, 0.05) is 13.1 Å². The van der Waals surface area contributed by atoms with Gasteiger partial charge in [-0.1, -0.05) is 23.7 Å². The van der Waals surface area contributed by atoms with Gasteiger partial charge in [0.1, 0.15) is 4.90 Å². The van der Waals surface area contributed by atoms with E-state index in [1.54, 1.807) is 39.9 Å². The normalized spacial score (nSPS) is 18.0. The number of hydrogen-bond donors (Lipinski definition) is 0. The minimum atomic E-state index is -3.48. The molecule has 2 heterocycles. The molecule has 1 aliphatic rings. The molecule has 2 aromatic rings. The first-order valence-corrected chi connectivity index (χ1v) is 9.62. The summed E-state index contributed by atoms with van der Waals surface area (Å²) in [6.07, 6.45) is 1.72. The number of sulfonamides is 1. The van der Waals surface area contributed by atoms with E-state index in [1.807, 2.05) is 0 Å². The SMILES string of the molecule is O=S(=O)(c1ccccc1Cl)N1CCC(c2ccsc2)CC1. The lowest BCUT2D eigenvalue weighted by atomic mass is 9.92. The Balaban J connectivity index is 1.76. The molecule has 1 saturated heterocycles. The molecular formula is C15H16ClNO2S2. The van der Waals surface area contributed by atoms with Gasteiger partial charge in [-0.15, -0.1) is 0 Å². The zero-order valence-corrected chi connectivity index (χ0v) is 13.8. The van der Waals surface area contributed by atoms with Gasteiger partial charge in [-0.2, -0.15) is 15.6 Å². The van der Waals surface area contributed by atoms with Crippen LogP contribution in [0.1, 0.15) is 24.3 Å². The van der Waals surface area contributed by atoms with Crippen LogP contribution >= 0.6 is 22.9 Å². The standard InChI is InChI=1S/C15H16ClNO2S2/c16-14-3-1-2-4-15(14)21(18,19)17-8-5-12(6-9-17)13-7-10-20-11-13/h1-4,7,10-12H,5-6,8-9H2. The summed E-state index contributed by atoms with van der Waals surface area (Å²) in [5, 5.41) is 4.52. The smallest absolute Gasteiger partial charge is 0.207 e. The predicted octanol–water partition coefficient (Wildman–Crippen LogP) is 3.97. The second-order valence-corrected chi connectivity index (χ2v) is 8.26. The molecule has 1 aromatic heterocycles. The molecule has 1 fully saturated rings. The van der Waals surface area contributed by atoms with Crippen molar-refractivity contribution in [1.29, 1.82) is 0 Å². The van der Waals surface area contributed by atoms with Gasteiger partial charge in [-0.25, -0.2) is 8.42 Å². The van der Waals surface area contributed by atoms with Crippen LogP contribution < -0.4 is 0 Å². The summed E-state index contributed by atoms with van der Waals surface area (Å²) in [7, 11) is -3.48. The van der Waals surface area contributed by atoms with Crippen LogP contribution in [0, 0.1) is 0 Å². The van der Waals surface area contributed by atoms with Crippen LogP contribution in [0.5, 0.6) is 0 Å². The van der Waals surface area contributed by atoms with Gasteiger partial charge in [0.25, 0.3) is 0 Å². The molecule has 0 radical (unpaired) electrons. The highest BCUT2D eigenvalue weighted by molar-refractivity contribution is 7.89. The monoisotopic (exact) mass is 341 g/mol. The Kier molecular flexibility index (Phi) is 4.36. The molecule has 0 N–H and O–H groups in total. The molecule has 21 heavy (non-hydrogen) atoms. The molecule has 0 spiro atoms. The van der Waals surface area contributed by atoms with E-state index >= 15 is 0 Å². The molecule has 0 atom stereocenters. The van der Waals surface area contributed by atoms with Gasteiger partial charge in [0.15, 0.2) is 0 Å². The molecule has 3 nitrogen and oxygen atoms in total. The maximum atomic E-state index is 12.6. The molecule has 0 bridgehead atoms. The third-order valence-corrected chi connectivity index (χ3v) is 7.02. The average molecular weight is 342 g/mol. The van der Waals surface area contributed by atoms with Crippen molar-refractivity contribution in [2.24, 2.45) is 0 Å². The first-order chi connectivity index (χ1) is 10.1. The van der Waals surface area contributed by atoms with Gasteiger partial charge in [0.2, 0.25) is 10.0 Å². The maximum Gasteiger partial charge on any atom is 0.244 e. The number of nitrogens with zero attached hydrogens (tertiary/aromatic N) is 1. The highest BCUT2D eigenvalue weighted by Gasteiger charge is 2.31. The van der Waals surface area contributed by atoms with Crippen molar-refractivity contribution in [1.82, 2.24) is 4.31 Å². The van der Waals surface area contributed by atoms with E-state index in [2.05, 4.69) is 16.8 Å². The summed E-state index contributed by atoms with van der Waals surface area (Å²) in [4.78, 5) is 0.209. The van der Waals surface area contributed by atoms with Crippen LogP contribution in [-0.4, -0.2) is 25.8 Å². The zero-order chi connectivity index (χ0) is 14.9. The fourth-order valence-corrected chi connectivity index (χ4v) is 5.44. The van der Waals surface area contributed by atoms with E-state index < -0.39 is 10.0 Å². The van der Waals surface area contributed by atoms with Crippen molar-refractivity contribution < 1.29 is 8.42 Å². The minimum absolute atomic E-state index is 0.209. The number of halogens is 1. The van der Waals surface area contributed by atoms with Crippen LogP contribution in [0.15, 0.2) is 46.0 Å². The first kappa shape index (κ1) is 15.0. The topological polar surface area (TPSA) is 37.4 Å². The maximum absolute atomic E-state index is 12.6. The Bertz CT molecular complexity index is 705. The number of hydrogen-bond acceptors (Lipinski definition) is 3. The molecule has 1 aromatic carbocycles. The third kappa shape index (κ3) is 3.01. The molecule has 1 aliphatic heterocycles. The molecule has 0 unspecified atom stereocenters. The highest BCUT2D eigenvalue weighted by atomic mass is 35.5. The van der Waals surface area contributed by atoms with Gasteiger partial charge in [-0.3, -0.25) is 0 Å².